The summed E-state index contributed by atoms with van der Waals surface area (Å²) in [6, 6.07) is 3.72. The second-order valence-electron chi connectivity index (χ2n) is 3.26. The molecule has 94 valence electrons. The van der Waals surface area contributed by atoms with E-state index in [1.54, 1.807) is 0 Å². The zero-order chi connectivity index (χ0) is 13.1. The van der Waals surface area contributed by atoms with E-state index in [2.05, 4.69) is 15.9 Å². The van der Waals surface area contributed by atoms with Gasteiger partial charge in [0, 0.05) is 11.4 Å². The van der Waals surface area contributed by atoms with Crippen molar-refractivity contribution < 1.29 is 22.8 Å². The summed E-state index contributed by atoms with van der Waals surface area (Å²) in [5.41, 5.74) is 1.57. The third-order valence-electron chi connectivity index (χ3n) is 1.79. The molecule has 0 fully saturated rings. The molecule has 3 nitrogen and oxygen atoms in total. The number of hydrogen-bond acceptors (Lipinski definition) is 2. The van der Waals surface area contributed by atoms with Crippen LogP contribution in [0.1, 0.15) is 18.1 Å². The van der Waals surface area contributed by atoms with Crippen molar-refractivity contribution in [3.63, 3.8) is 0 Å². The van der Waals surface area contributed by atoms with Crippen LogP contribution in [0.3, 0.4) is 0 Å². The molecule has 0 spiro atoms. The molecule has 0 heterocycles. The molecule has 1 aromatic rings. The van der Waals surface area contributed by atoms with Crippen LogP contribution >= 0.6 is 15.9 Å². The highest BCUT2D eigenvalue weighted by Gasteiger charge is 2.33. The van der Waals surface area contributed by atoms with Crippen molar-refractivity contribution in [1.82, 2.24) is 5.48 Å². The Hall–Kier alpha value is -1.08. The molecular weight excluding hydrogens is 303 g/mol. The lowest BCUT2D eigenvalue weighted by molar-refractivity contribution is -0.138. The number of amides is 1. The lowest BCUT2D eigenvalue weighted by Crippen LogP contribution is -2.20. The molecule has 0 radical (unpaired) electrons. The van der Waals surface area contributed by atoms with E-state index in [0.717, 1.165) is 6.07 Å². The Morgan fingerprint density at radius 2 is 2.12 bits per heavy atom. The molecule has 1 amide bonds. The van der Waals surface area contributed by atoms with Crippen LogP contribution < -0.4 is 5.48 Å². The maximum Gasteiger partial charge on any atom is 0.417 e. The molecule has 0 saturated carbocycles. The first-order valence-corrected chi connectivity index (χ1v) is 5.34. The first kappa shape index (κ1) is 14.0. The van der Waals surface area contributed by atoms with E-state index < -0.39 is 17.6 Å². The fourth-order valence-electron chi connectivity index (χ4n) is 1.10. The van der Waals surface area contributed by atoms with E-state index in [9.17, 15) is 18.0 Å². The van der Waals surface area contributed by atoms with Crippen LogP contribution in [0.25, 0.3) is 0 Å². The molecule has 0 atom stereocenters. The molecule has 1 rings (SSSR count). The predicted octanol–water partition coefficient (Wildman–Crippen LogP) is 3.04. The number of alkyl halides is 3. The first-order valence-electron chi connectivity index (χ1n) is 4.54. The summed E-state index contributed by atoms with van der Waals surface area (Å²) < 4.78 is 37.6. The van der Waals surface area contributed by atoms with Gasteiger partial charge in [-0.15, -0.1) is 0 Å². The molecule has 0 aliphatic heterocycles. The Labute approximate surface area is 104 Å². The highest BCUT2D eigenvalue weighted by Crippen LogP contribution is 2.35. The van der Waals surface area contributed by atoms with E-state index in [4.69, 9.17) is 4.84 Å². The van der Waals surface area contributed by atoms with Crippen LogP contribution in [0, 0.1) is 0 Å². The molecule has 0 aliphatic carbocycles. The van der Waals surface area contributed by atoms with E-state index in [1.165, 1.54) is 19.1 Å². The summed E-state index contributed by atoms with van der Waals surface area (Å²) in [4.78, 5) is 15.2. The van der Waals surface area contributed by atoms with E-state index in [0.29, 0.717) is 5.56 Å². The lowest BCUT2D eigenvalue weighted by atomic mass is 10.1. The maximum absolute atomic E-state index is 12.5. The van der Waals surface area contributed by atoms with Crippen molar-refractivity contribution in [2.45, 2.75) is 19.7 Å². The molecule has 0 aromatic heterocycles. The Kier molecular flexibility index (Phi) is 4.53. The maximum atomic E-state index is 12.5. The van der Waals surface area contributed by atoms with Crippen LogP contribution in [0.4, 0.5) is 13.2 Å². The number of rotatable bonds is 3. The van der Waals surface area contributed by atoms with Gasteiger partial charge in [-0.05, 0) is 17.7 Å². The standard InChI is InChI=1S/C10H9BrF3NO2/c1-6(16)15-17-5-7-2-3-9(11)8(4-7)10(12,13)14/h2-4H,5H2,1H3,(H,15,16). The Morgan fingerprint density at radius 3 is 2.65 bits per heavy atom. The van der Waals surface area contributed by atoms with Gasteiger partial charge in [-0.3, -0.25) is 9.63 Å². The summed E-state index contributed by atoms with van der Waals surface area (Å²) in [6.45, 7) is 1.11. The van der Waals surface area contributed by atoms with Gasteiger partial charge in [-0.1, -0.05) is 22.0 Å². The van der Waals surface area contributed by atoms with Gasteiger partial charge in [-0.2, -0.15) is 13.2 Å². The zero-order valence-electron chi connectivity index (χ0n) is 8.77. The SMILES string of the molecule is CC(=O)NOCc1ccc(Br)c(C(F)(F)F)c1. The van der Waals surface area contributed by atoms with Crippen molar-refractivity contribution in [2.75, 3.05) is 0 Å². The van der Waals surface area contributed by atoms with Gasteiger partial charge in [0.25, 0.3) is 0 Å². The zero-order valence-corrected chi connectivity index (χ0v) is 10.4. The van der Waals surface area contributed by atoms with Crippen LogP contribution in [0.5, 0.6) is 0 Å². The molecule has 17 heavy (non-hydrogen) atoms. The molecular formula is C10H9BrF3NO2. The minimum atomic E-state index is -4.43. The van der Waals surface area contributed by atoms with Crippen molar-refractivity contribution in [3.8, 4) is 0 Å². The summed E-state index contributed by atoms with van der Waals surface area (Å²) in [5.74, 6) is -0.418. The Balaban J connectivity index is 2.79. The number of hydroxylamine groups is 1. The molecule has 0 bridgehead atoms. The normalized spacial score (nSPS) is 11.4. The monoisotopic (exact) mass is 311 g/mol. The number of hydrogen-bond donors (Lipinski definition) is 1. The van der Waals surface area contributed by atoms with E-state index in [-0.39, 0.29) is 11.1 Å². The van der Waals surface area contributed by atoms with Gasteiger partial charge in [0.05, 0.1) is 12.2 Å². The molecule has 0 unspecified atom stereocenters. The van der Waals surface area contributed by atoms with Crippen LogP contribution in [-0.4, -0.2) is 5.91 Å². The summed E-state index contributed by atoms with van der Waals surface area (Å²) in [7, 11) is 0. The second-order valence-corrected chi connectivity index (χ2v) is 4.11. The molecule has 7 heteroatoms. The second kappa shape index (κ2) is 5.50. The average molecular weight is 312 g/mol. The van der Waals surface area contributed by atoms with Gasteiger partial charge in [0.1, 0.15) is 0 Å². The fraction of sp³-hybridized carbons (Fsp3) is 0.300. The summed E-state index contributed by atoms with van der Waals surface area (Å²) in [5, 5.41) is 0. The Bertz CT molecular complexity index is 421. The van der Waals surface area contributed by atoms with Gasteiger partial charge in [0.2, 0.25) is 5.91 Å². The van der Waals surface area contributed by atoms with Gasteiger partial charge < -0.3 is 0 Å². The quantitative estimate of drug-likeness (QED) is 0.871. The third-order valence-corrected chi connectivity index (χ3v) is 2.48. The molecule has 0 saturated heterocycles. The molecule has 1 N–H and O–H groups in total. The smallest absolute Gasteiger partial charge is 0.273 e. The largest absolute Gasteiger partial charge is 0.417 e. The number of benzene rings is 1. The van der Waals surface area contributed by atoms with Gasteiger partial charge in [0.15, 0.2) is 0 Å². The van der Waals surface area contributed by atoms with Crippen LogP contribution in [0.2, 0.25) is 0 Å². The average Bonchev–Trinajstić information content (AvgIpc) is 2.18. The lowest BCUT2D eigenvalue weighted by Gasteiger charge is -2.11. The highest BCUT2D eigenvalue weighted by atomic mass is 79.9. The first-order chi connectivity index (χ1) is 7.80. The third kappa shape index (κ3) is 4.35. The molecule has 1 aromatic carbocycles. The van der Waals surface area contributed by atoms with Crippen LogP contribution in [0.15, 0.2) is 22.7 Å². The minimum Gasteiger partial charge on any atom is -0.273 e. The topological polar surface area (TPSA) is 38.3 Å². The number of carbonyl (C=O) groups is 1. The van der Waals surface area contributed by atoms with Crippen molar-refractivity contribution in [2.24, 2.45) is 0 Å². The number of carbonyl (C=O) groups excluding carboxylic acids is 1. The van der Waals surface area contributed by atoms with E-state index >= 15 is 0 Å². The number of halogens is 4. The van der Waals surface area contributed by atoms with Gasteiger partial charge in [-0.25, -0.2) is 5.48 Å². The summed E-state index contributed by atoms with van der Waals surface area (Å²) >= 11 is 2.83. The molecule has 0 aliphatic rings. The Morgan fingerprint density at radius 1 is 1.47 bits per heavy atom. The fourth-order valence-corrected chi connectivity index (χ4v) is 1.57. The highest BCUT2D eigenvalue weighted by molar-refractivity contribution is 9.10. The van der Waals surface area contributed by atoms with Crippen molar-refractivity contribution in [3.05, 3.63) is 33.8 Å². The van der Waals surface area contributed by atoms with E-state index in [1.807, 2.05) is 5.48 Å². The van der Waals surface area contributed by atoms with Crippen LogP contribution in [-0.2, 0) is 22.4 Å². The van der Waals surface area contributed by atoms with Gasteiger partial charge >= 0.3 is 6.18 Å². The van der Waals surface area contributed by atoms with Crippen molar-refractivity contribution >= 4 is 21.8 Å². The predicted molar refractivity (Wildman–Crippen MR) is 57.7 cm³/mol. The number of nitrogens with one attached hydrogen (secondary N) is 1. The summed E-state index contributed by atoms with van der Waals surface area (Å²) in [6.07, 6.45) is -4.43. The van der Waals surface area contributed by atoms with Crippen molar-refractivity contribution in [1.29, 1.82) is 0 Å². The minimum absolute atomic E-state index is 0.0340.